The van der Waals surface area contributed by atoms with Gasteiger partial charge in [0.15, 0.2) is 0 Å². The number of carbonyl (C=O) groups is 1. The van der Waals surface area contributed by atoms with E-state index in [1.165, 1.54) is 12.8 Å². The Hall–Kier alpha value is -1.06. The van der Waals surface area contributed by atoms with E-state index in [0.717, 1.165) is 5.56 Å². The maximum atomic E-state index is 12.0. The number of hydrogen-bond acceptors (Lipinski definition) is 2. The number of halogens is 1. The van der Waals surface area contributed by atoms with Gasteiger partial charge in [0, 0.05) is 31.1 Å². The minimum atomic E-state index is 0.0196. The van der Waals surface area contributed by atoms with Gasteiger partial charge >= 0.3 is 0 Å². The predicted molar refractivity (Wildman–Crippen MR) is 73.2 cm³/mol. The van der Waals surface area contributed by atoms with Crippen LogP contribution in [-0.4, -0.2) is 23.9 Å². The lowest BCUT2D eigenvalue weighted by Gasteiger charge is -2.20. The summed E-state index contributed by atoms with van der Waals surface area (Å²) < 4.78 is 0. The van der Waals surface area contributed by atoms with E-state index < -0.39 is 0 Å². The molecular formula is C14H19ClN2O. The molecule has 1 aliphatic rings. The molecule has 4 heteroatoms. The quantitative estimate of drug-likeness (QED) is 0.890. The van der Waals surface area contributed by atoms with Crippen LogP contribution in [0.3, 0.4) is 0 Å². The molecule has 1 saturated carbocycles. The maximum absolute atomic E-state index is 12.0. The van der Waals surface area contributed by atoms with Gasteiger partial charge in [-0.15, -0.1) is 0 Å². The molecule has 0 heterocycles. The molecule has 1 unspecified atom stereocenters. The first-order valence-electron chi connectivity index (χ1n) is 6.31. The topological polar surface area (TPSA) is 46.3 Å². The van der Waals surface area contributed by atoms with Gasteiger partial charge in [-0.05, 0) is 30.4 Å². The molecule has 0 radical (unpaired) electrons. The highest BCUT2D eigenvalue weighted by Crippen LogP contribution is 2.33. The van der Waals surface area contributed by atoms with Gasteiger partial charge in [-0.2, -0.15) is 0 Å². The Morgan fingerprint density at radius 1 is 1.50 bits per heavy atom. The van der Waals surface area contributed by atoms with E-state index in [2.05, 4.69) is 0 Å². The van der Waals surface area contributed by atoms with Crippen molar-refractivity contribution in [2.75, 3.05) is 7.05 Å². The molecule has 1 atom stereocenters. The van der Waals surface area contributed by atoms with Crippen molar-refractivity contribution >= 4 is 17.5 Å². The molecule has 2 N–H and O–H groups in total. The highest BCUT2D eigenvalue weighted by molar-refractivity contribution is 6.31. The van der Waals surface area contributed by atoms with Crippen molar-refractivity contribution in [1.29, 1.82) is 0 Å². The van der Waals surface area contributed by atoms with E-state index in [1.807, 2.05) is 24.3 Å². The fraction of sp³-hybridized carbons (Fsp3) is 0.500. The number of benzene rings is 1. The number of rotatable bonds is 5. The number of nitrogens with zero attached hydrogens (tertiary/aromatic N) is 1. The maximum Gasteiger partial charge on any atom is 0.224 e. The zero-order valence-corrected chi connectivity index (χ0v) is 11.4. The van der Waals surface area contributed by atoms with Crippen LogP contribution in [0.1, 0.15) is 24.8 Å². The van der Waals surface area contributed by atoms with Crippen molar-refractivity contribution in [2.45, 2.75) is 31.8 Å². The summed E-state index contributed by atoms with van der Waals surface area (Å²) in [4.78, 5) is 13.7. The van der Waals surface area contributed by atoms with E-state index in [1.54, 1.807) is 11.9 Å². The average Bonchev–Trinajstić information content (AvgIpc) is 3.15. The van der Waals surface area contributed by atoms with Crippen LogP contribution in [0.5, 0.6) is 0 Å². The Morgan fingerprint density at radius 3 is 2.78 bits per heavy atom. The van der Waals surface area contributed by atoms with Gasteiger partial charge in [-0.25, -0.2) is 0 Å². The first kappa shape index (κ1) is 13.4. The van der Waals surface area contributed by atoms with E-state index in [4.69, 9.17) is 17.3 Å². The van der Waals surface area contributed by atoms with E-state index in [-0.39, 0.29) is 11.9 Å². The Morgan fingerprint density at radius 2 is 2.17 bits per heavy atom. The third-order valence-corrected chi connectivity index (χ3v) is 3.80. The molecule has 1 aromatic carbocycles. The minimum Gasteiger partial charge on any atom is -0.341 e. The molecule has 0 saturated heterocycles. The number of carbonyl (C=O) groups excluding carboxylic acids is 1. The van der Waals surface area contributed by atoms with Gasteiger partial charge in [0.1, 0.15) is 0 Å². The summed E-state index contributed by atoms with van der Waals surface area (Å²) in [6.45, 7) is 0.538. The third kappa shape index (κ3) is 3.47. The smallest absolute Gasteiger partial charge is 0.224 e. The standard InChI is InChI=1S/C14H19ClN2O/c1-17(9-11-4-2-3-5-12(11)15)14(18)8-13(16)10-6-7-10/h2-5,10,13H,6-9,16H2,1H3. The number of nitrogens with two attached hydrogens (primary N) is 1. The zero-order valence-electron chi connectivity index (χ0n) is 10.6. The van der Waals surface area contributed by atoms with Gasteiger partial charge in [0.05, 0.1) is 0 Å². The van der Waals surface area contributed by atoms with Crippen molar-refractivity contribution in [3.05, 3.63) is 34.9 Å². The summed E-state index contributed by atoms with van der Waals surface area (Å²) in [6.07, 6.45) is 2.77. The van der Waals surface area contributed by atoms with Gasteiger partial charge in [-0.3, -0.25) is 4.79 Å². The summed E-state index contributed by atoms with van der Waals surface area (Å²) in [5, 5.41) is 0.698. The summed E-state index contributed by atoms with van der Waals surface area (Å²) in [5.41, 5.74) is 6.94. The molecule has 1 fully saturated rings. The second-order valence-electron chi connectivity index (χ2n) is 5.05. The molecule has 1 amide bonds. The van der Waals surface area contributed by atoms with E-state index in [0.29, 0.717) is 23.9 Å². The van der Waals surface area contributed by atoms with Crippen molar-refractivity contribution < 1.29 is 4.79 Å². The SMILES string of the molecule is CN(Cc1ccccc1Cl)C(=O)CC(N)C1CC1. The molecule has 98 valence electrons. The van der Waals surface area contributed by atoms with Crippen LogP contribution >= 0.6 is 11.6 Å². The van der Waals surface area contributed by atoms with Gasteiger partial charge in [-0.1, -0.05) is 29.8 Å². The monoisotopic (exact) mass is 266 g/mol. The highest BCUT2D eigenvalue weighted by atomic mass is 35.5. The summed E-state index contributed by atoms with van der Waals surface area (Å²) >= 11 is 6.08. The first-order chi connectivity index (χ1) is 8.58. The van der Waals surface area contributed by atoms with E-state index >= 15 is 0 Å². The highest BCUT2D eigenvalue weighted by Gasteiger charge is 2.30. The molecule has 1 aliphatic carbocycles. The predicted octanol–water partition coefficient (Wildman–Crippen LogP) is 2.43. The average molecular weight is 267 g/mol. The van der Waals surface area contributed by atoms with Crippen LogP contribution in [0, 0.1) is 5.92 Å². The first-order valence-corrected chi connectivity index (χ1v) is 6.68. The normalized spacial score (nSPS) is 16.4. The Bertz CT molecular complexity index is 432. The van der Waals surface area contributed by atoms with Crippen LogP contribution in [0.2, 0.25) is 5.02 Å². The fourth-order valence-electron chi connectivity index (χ4n) is 2.02. The van der Waals surface area contributed by atoms with Gasteiger partial charge in [0.2, 0.25) is 5.91 Å². The lowest BCUT2D eigenvalue weighted by Crippen LogP contribution is -2.34. The zero-order chi connectivity index (χ0) is 13.1. The molecular weight excluding hydrogens is 248 g/mol. The number of amides is 1. The van der Waals surface area contributed by atoms with Crippen LogP contribution in [0.4, 0.5) is 0 Å². The summed E-state index contributed by atoms with van der Waals surface area (Å²) in [5.74, 6) is 0.650. The van der Waals surface area contributed by atoms with E-state index in [9.17, 15) is 4.79 Å². The Balaban J connectivity index is 1.88. The second-order valence-corrected chi connectivity index (χ2v) is 5.45. The van der Waals surface area contributed by atoms with Crippen LogP contribution in [0.15, 0.2) is 24.3 Å². The molecule has 0 aromatic heterocycles. The summed E-state index contributed by atoms with van der Waals surface area (Å²) in [6, 6.07) is 7.61. The Kier molecular flexibility index (Phi) is 4.25. The van der Waals surface area contributed by atoms with Crippen LogP contribution < -0.4 is 5.73 Å². The van der Waals surface area contributed by atoms with Crippen molar-refractivity contribution in [3.8, 4) is 0 Å². The summed E-state index contributed by atoms with van der Waals surface area (Å²) in [7, 11) is 1.80. The van der Waals surface area contributed by atoms with Crippen molar-refractivity contribution in [3.63, 3.8) is 0 Å². The molecule has 0 aliphatic heterocycles. The lowest BCUT2D eigenvalue weighted by molar-refractivity contribution is -0.130. The molecule has 2 rings (SSSR count). The molecule has 3 nitrogen and oxygen atoms in total. The van der Waals surface area contributed by atoms with Gasteiger partial charge < -0.3 is 10.6 Å². The fourth-order valence-corrected chi connectivity index (χ4v) is 2.21. The molecule has 0 spiro atoms. The molecule has 1 aromatic rings. The number of hydrogen-bond donors (Lipinski definition) is 1. The second kappa shape index (κ2) is 5.72. The van der Waals surface area contributed by atoms with Crippen molar-refractivity contribution in [2.24, 2.45) is 11.7 Å². The lowest BCUT2D eigenvalue weighted by atomic mass is 10.1. The van der Waals surface area contributed by atoms with Crippen LogP contribution in [0.25, 0.3) is 0 Å². The molecule has 18 heavy (non-hydrogen) atoms. The molecule has 0 bridgehead atoms. The third-order valence-electron chi connectivity index (χ3n) is 3.43. The Labute approximate surface area is 113 Å². The largest absolute Gasteiger partial charge is 0.341 e. The van der Waals surface area contributed by atoms with Gasteiger partial charge in [0.25, 0.3) is 0 Å². The van der Waals surface area contributed by atoms with Crippen molar-refractivity contribution in [1.82, 2.24) is 4.90 Å². The minimum absolute atomic E-state index is 0.0196. The van der Waals surface area contributed by atoms with Crippen LogP contribution in [-0.2, 0) is 11.3 Å².